The Balaban J connectivity index is 2.54. The highest BCUT2D eigenvalue weighted by atomic mass is 19.1. The third kappa shape index (κ3) is 7.34. The Labute approximate surface area is 125 Å². The van der Waals surface area contributed by atoms with Crippen molar-refractivity contribution in [3.05, 3.63) is 48.3 Å². The molecule has 0 saturated carbocycles. The molecule has 0 spiro atoms. The van der Waals surface area contributed by atoms with Crippen LogP contribution in [-0.4, -0.2) is 56.1 Å². The molecule has 0 aromatic heterocycles. The van der Waals surface area contributed by atoms with Crippen LogP contribution in [0.4, 0.5) is 4.39 Å². The summed E-state index contributed by atoms with van der Waals surface area (Å²) in [4.78, 5) is 1.95. The van der Waals surface area contributed by atoms with Gasteiger partial charge in [-0.1, -0.05) is 24.3 Å². The molecule has 0 heterocycles. The fraction of sp³-hybridized carbons (Fsp3) is 0.500. The second-order valence-corrected chi connectivity index (χ2v) is 4.80. The maximum atomic E-state index is 13.7. The average Bonchev–Trinajstić information content (AvgIpc) is 2.47. The maximum Gasteiger partial charge on any atom is 0.127 e. The molecule has 1 unspecified atom stereocenters. The summed E-state index contributed by atoms with van der Waals surface area (Å²) in [5.74, 6) is -0.239. The van der Waals surface area contributed by atoms with Crippen LogP contribution < -0.4 is 0 Å². The van der Waals surface area contributed by atoms with Gasteiger partial charge in [-0.25, -0.2) is 4.39 Å². The Kier molecular flexibility index (Phi) is 8.85. The van der Waals surface area contributed by atoms with Crippen LogP contribution >= 0.6 is 0 Å². The van der Waals surface area contributed by atoms with E-state index >= 15 is 0 Å². The summed E-state index contributed by atoms with van der Waals surface area (Å²) in [6, 6.07) is 6.65. The lowest BCUT2D eigenvalue weighted by atomic mass is 10.2. The zero-order valence-electron chi connectivity index (χ0n) is 12.5. The van der Waals surface area contributed by atoms with Gasteiger partial charge in [0.05, 0.1) is 25.9 Å². The van der Waals surface area contributed by atoms with Gasteiger partial charge in [-0.05, 0) is 6.07 Å². The van der Waals surface area contributed by atoms with E-state index in [4.69, 9.17) is 9.47 Å². The predicted molar refractivity (Wildman–Crippen MR) is 80.6 cm³/mol. The smallest absolute Gasteiger partial charge is 0.127 e. The fourth-order valence-corrected chi connectivity index (χ4v) is 1.96. The summed E-state index contributed by atoms with van der Waals surface area (Å²) in [6.07, 6.45) is 1.00. The molecule has 1 rings (SSSR count). The van der Waals surface area contributed by atoms with Crippen LogP contribution in [0.1, 0.15) is 5.56 Å². The molecule has 0 aliphatic rings. The van der Waals surface area contributed by atoms with E-state index in [1.165, 1.54) is 6.07 Å². The lowest BCUT2D eigenvalue weighted by Gasteiger charge is -2.25. The molecule has 0 aliphatic carbocycles. The van der Waals surface area contributed by atoms with Gasteiger partial charge in [-0.2, -0.15) is 0 Å². The molecular formula is C16H24FNO3. The lowest BCUT2D eigenvalue weighted by molar-refractivity contribution is 0.0192. The molecule has 0 amide bonds. The van der Waals surface area contributed by atoms with Crippen LogP contribution in [0.15, 0.2) is 36.9 Å². The highest BCUT2D eigenvalue weighted by molar-refractivity contribution is 5.17. The minimum absolute atomic E-state index is 0.229. The number of aliphatic hydroxyl groups is 1. The molecule has 1 atom stereocenters. The molecule has 0 radical (unpaired) electrons. The molecule has 0 aliphatic heterocycles. The highest BCUT2D eigenvalue weighted by Crippen LogP contribution is 2.10. The van der Waals surface area contributed by atoms with Gasteiger partial charge in [0, 0.05) is 32.3 Å². The minimum Gasteiger partial charge on any atom is -0.389 e. The summed E-state index contributed by atoms with van der Waals surface area (Å²) in [5.41, 5.74) is 0.604. The predicted octanol–water partition coefficient (Wildman–Crippen LogP) is 1.84. The number of nitrogens with zero attached hydrogens (tertiary/aromatic N) is 1. The van der Waals surface area contributed by atoms with Crippen LogP contribution in [-0.2, 0) is 16.0 Å². The first-order valence-corrected chi connectivity index (χ1v) is 6.98. The molecule has 0 fully saturated rings. The molecule has 5 heteroatoms. The van der Waals surface area contributed by atoms with E-state index in [2.05, 4.69) is 6.58 Å². The van der Waals surface area contributed by atoms with E-state index < -0.39 is 6.10 Å². The third-order valence-electron chi connectivity index (χ3n) is 2.98. The molecule has 21 heavy (non-hydrogen) atoms. The first-order valence-electron chi connectivity index (χ1n) is 6.98. The minimum atomic E-state index is -0.631. The summed E-state index contributed by atoms with van der Waals surface area (Å²) >= 11 is 0. The van der Waals surface area contributed by atoms with E-state index in [9.17, 15) is 9.50 Å². The number of ether oxygens (including phenoxy) is 2. The summed E-state index contributed by atoms with van der Waals surface area (Å²) in [5, 5.41) is 9.96. The third-order valence-corrected chi connectivity index (χ3v) is 2.98. The van der Waals surface area contributed by atoms with Crippen LogP contribution in [0.3, 0.4) is 0 Å². The van der Waals surface area contributed by atoms with Crippen molar-refractivity contribution < 1.29 is 19.0 Å². The Bertz CT molecular complexity index is 414. The van der Waals surface area contributed by atoms with Crippen LogP contribution in [0.5, 0.6) is 0 Å². The van der Waals surface area contributed by atoms with Crippen molar-refractivity contribution in [3.8, 4) is 0 Å². The molecule has 4 nitrogen and oxygen atoms in total. The van der Waals surface area contributed by atoms with Gasteiger partial charge in [0.2, 0.25) is 0 Å². The number of methoxy groups -OCH3 is 1. The van der Waals surface area contributed by atoms with E-state index in [0.29, 0.717) is 38.4 Å². The van der Waals surface area contributed by atoms with E-state index in [0.717, 1.165) is 0 Å². The zero-order valence-corrected chi connectivity index (χ0v) is 12.5. The Morgan fingerprint density at radius 3 is 2.86 bits per heavy atom. The Morgan fingerprint density at radius 1 is 1.43 bits per heavy atom. The largest absolute Gasteiger partial charge is 0.389 e. The van der Waals surface area contributed by atoms with Crippen molar-refractivity contribution in [2.24, 2.45) is 0 Å². The molecule has 0 saturated heterocycles. The van der Waals surface area contributed by atoms with Crippen molar-refractivity contribution in [2.75, 3.05) is 40.0 Å². The van der Waals surface area contributed by atoms with Crippen LogP contribution in [0.2, 0.25) is 0 Å². The van der Waals surface area contributed by atoms with Gasteiger partial charge in [-0.15, -0.1) is 6.58 Å². The number of hydrogen-bond acceptors (Lipinski definition) is 4. The molecule has 1 aromatic carbocycles. The van der Waals surface area contributed by atoms with Crippen molar-refractivity contribution in [1.82, 2.24) is 4.90 Å². The topological polar surface area (TPSA) is 41.9 Å². The molecule has 0 bridgehead atoms. The number of benzene rings is 1. The van der Waals surface area contributed by atoms with Crippen molar-refractivity contribution in [3.63, 3.8) is 0 Å². The monoisotopic (exact) mass is 297 g/mol. The number of aliphatic hydroxyl groups excluding tert-OH is 1. The summed E-state index contributed by atoms with van der Waals surface area (Å²) in [7, 11) is 1.62. The number of halogens is 1. The molecule has 1 N–H and O–H groups in total. The zero-order chi connectivity index (χ0) is 15.5. The second-order valence-electron chi connectivity index (χ2n) is 4.80. The molecule has 1 aromatic rings. The molecule has 118 valence electrons. The van der Waals surface area contributed by atoms with Gasteiger partial charge >= 0.3 is 0 Å². The van der Waals surface area contributed by atoms with Crippen LogP contribution in [0, 0.1) is 5.82 Å². The van der Waals surface area contributed by atoms with Crippen molar-refractivity contribution >= 4 is 0 Å². The summed E-state index contributed by atoms with van der Waals surface area (Å²) < 4.78 is 24.0. The highest BCUT2D eigenvalue weighted by Gasteiger charge is 2.14. The lowest BCUT2D eigenvalue weighted by Crippen LogP contribution is -2.36. The second kappa shape index (κ2) is 10.5. The van der Waals surface area contributed by atoms with E-state index in [1.54, 1.807) is 31.4 Å². The maximum absolute atomic E-state index is 13.7. The summed E-state index contributed by atoms with van der Waals surface area (Å²) in [6.45, 7) is 6.14. The van der Waals surface area contributed by atoms with Crippen molar-refractivity contribution in [1.29, 1.82) is 0 Å². The van der Waals surface area contributed by atoms with E-state index in [-0.39, 0.29) is 12.4 Å². The Hall–Kier alpha value is -1.27. The number of hydrogen-bond donors (Lipinski definition) is 1. The first-order chi connectivity index (χ1) is 10.2. The van der Waals surface area contributed by atoms with E-state index in [1.807, 2.05) is 4.90 Å². The SMILES string of the molecule is C=CCOCC(O)CN(CCOC)Cc1ccccc1F. The standard InChI is InChI=1S/C16H24FNO3/c1-3-9-21-13-15(19)12-18(8-10-20-2)11-14-6-4-5-7-16(14)17/h3-7,15,19H,1,8-13H2,2H3. The van der Waals surface area contributed by atoms with Crippen molar-refractivity contribution in [2.45, 2.75) is 12.6 Å². The van der Waals surface area contributed by atoms with Gasteiger partial charge in [-0.3, -0.25) is 4.90 Å². The quantitative estimate of drug-likeness (QED) is 0.500. The van der Waals surface area contributed by atoms with Gasteiger partial charge in [0.1, 0.15) is 5.82 Å². The normalized spacial score (nSPS) is 12.6. The Morgan fingerprint density at radius 2 is 2.19 bits per heavy atom. The fourth-order valence-electron chi connectivity index (χ4n) is 1.96. The van der Waals surface area contributed by atoms with Gasteiger partial charge in [0.15, 0.2) is 0 Å². The average molecular weight is 297 g/mol. The molecular weight excluding hydrogens is 273 g/mol. The number of rotatable bonds is 11. The van der Waals surface area contributed by atoms with Gasteiger partial charge < -0.3 is 14.6 Å². The van der Waals surface area contributed by atoms with Gasteiger partial charge in [0.25, 0.3) is 0 Å². The first kappa shape index (κ1) is 17.8. The van der Waals surface area contributed by atoms with Crippen LogP contribution in [0.25, 0.3) is 0 Å².